The summed E-state index contributed by atoms with van der Waals surface area (Å²) in [6.45, 7) is 2.04. The molecule has 0 saturated carbocycles. The van der Waals surface area contributed by atoms with Crippen molar-refractivity contribution in [2.24, 2.45) is 0 Å². The third kappa shape index (κ3) is 2.45. The van der Waals surface area contributed by atoms with E-state index in [1.807, 2.05) is 6.92 Å². The number of anilines is 1. The van der Waals surface area contributed by atoms with Gasteiger partial charge in [0.2, 0.25) is 0 Å². The molecule has 0 saturated heterocycles. The van der Waals surface area contributed by atoms with Gasteiger partial charge in [0.1, 0.15) is 12.1 Å². The first-order valence-corrected chi connectivity index (χ1v) is 7.01. The Morgan fingerprint density at radius 1 is 1.38 bits per heavy atom. The highest BCUT2D eigenvalue weighted by atomic mass is 35.5. The van der Waals surface area contributed by atoms with Crippen molar-refractivity contribution >= 4 is 22.8 Å². The molecule has 1 aromatic carbocycles. The molecule has 0 fully saturated rings. The van der Waals surface area contributed by atoms with Gasteiger partial charge in [-0.05, 0) is 24.1 Å². The third-order valence-corrected chi connectivity index (χ3v) is 3.79. The molecule has 108 valence electrons. The van der Waals surface area contributed by atoms with E-state index in [9.17, 15) is 4.39 Å². The number of benzene rings is 1. The minimum atomic E-state index is -0.422. The second kappa shape index (κ2) is 5.33. The first kappa shape index (κ1) is 13.8. The highest BCUT2D eigenvalue weighted by molar-refractivity contribution is 6.30. The topological polar surface area (TPSA) is 56.2 Å². The number of fused-ring (bicyclic) bond motifs is 1. The molecule has 2 aromatic heterocycles. The maximum atomic E-state index is 13.2. The maximum Gasteiger partial charge on any atom is 0.141 e. The molecule has 0 spiro atoms. The van der Waals surface area contributed by atoms with Crippen LogP contribution in [0.3, 0.4) is 0 Å². The van der Waals surface area contributed by atoms with Crippen molar-refractivity contribution in [3.05, 3.63) is 58.4 Å². The van der Waals surface area contributed by atoms with Crippen molar-refractivity contribution < 1.29 is 4.39 Å². The Hall–Kier alpha value is -2.14. The fourth-order valence-corrected chi connectivity index (χ4v) is 2.71. The zero-order valence-corrected chi connectivity index (χ0v) is 12.2. The van der Waals surface area contributed by atoms with E-state index in [1.54, 1.807) is 22.8 Å². The van der Waals surface area contributed by atoms with Crippen LogP contribution in [0.1, 0.15) is 23.7 Å². The fraction of sp³-hybridized carbons (Fsp3) is 0.200. The van der Waals surface area contributed by atoms with Gasteiger partial charge in [-0.15, -0.1) is 0 Å². The minimum absolute atomic E-state index is 0.114. The molecule has 3 aromatic rings. The second-order valence-electron chi connectivity index (χ2n) is 4.84. The number of nitrogens with zero attached hydrogens (tertiary/aromatic N) is 3. The fourth-order valence-electron chi connectivity index (χ4n) is 2.50. The molecule has 0 aliphatic heterocycles. The lowest BCUT2D eigenvalue weighted by Gasteiger charge is -2.06. The highest BCUT2D eigenvalue weighted by Gasteiger charge is 2.13. The van der Waals surface area contributed by atoms with Crippen molar-refractivity contribution in [2.75, 3.05) is 5.73 Å². The summed E-state index contributed by atoms with van der Waals surface area (Å²) in [6.07, 6.45) is 4.62. The van der Waals surface area contributed by atoms with Gasteiger partial charge in [0, 0.05) is 12.0 Å². The average Bonchev–Trinajstić information content (AvgIpc) is 2.79. The minimum Gasteiger partial charge on any atom is -0.397 e. The van der Waals surface area contributed by atoms with Gasteiger partial charge in [0.05, 0.1) is 28.1 Å². The summed E-state index contributed by atoms with van der Waals surface area (Å²) in [5, 5.41) is 4.30. The monoisotopic (exact) mass is 304 g/mol. The summed E-state index contributed by atoms with van der Waals surface area (Å²) >= 11 is 5.83. The van der Waals surface area contributed by atoms with Gasteiger partial charge in [0.25, 0.3) is 0 Å². The summed E-state index contributed by atoms with van der Waals surface area (Å²) < 4.78 is 15.0. The van der Waals surface area contributed by atoms with E-state index in [0.29, 0.717) is 12.1 Å². The third-order valence-electron chi connectivity index (χ3n) is 3.50. The van der Waals surface area contributed by atoms with Gasteiger partial charge in [-0.25, -0.2) is 13.9 Å². The van der Waals surface area contributed by atoms with Gasteiger partial charge in [-0.3, -0.25) is 0 Å². The van der Waals surface area contributed by atoms with Crippen molar-refractivity contribution in [1.29, 1.82) is 0 Å². The van der Waals surface area contributed by atoms with Crippen molar-refractivity contribution in [3.8, 4) is 0 Å². The largest absolute Gasteiger partial charge is 0.397 e. The van der Waals surface area contributed by atoms with Crippen LogP contribution in [0, 0.1) is 5.82 Å². The van der Waals surface area contributed by atoms with Gasteiger partial charge < -0.3 is 5.73 Å². The standard InChI is InChI=1S/C15H14ClFN4/c1-2-10-13(18)7-21-15(10)14(19-8-20-21)6-9-3-4-12(17)11(16)5-9/h3-5,7-8H,2,6,18H2,1H3. The van der Waals surface area contributed by atoms with Gasteiger partial charge in [-0.2, -0.15) is 5.10 Å². The number of aromatic nitrogens is 3. The number of aryl methyl sites for hydroxylation is 1. The number of rotatable bonds is 3. The van der Waals surface area contributed by atoms with E-state index in [4.69, 9.17) is 17.3 Å². The molecule has 0 bridgehead atoms. The van der Waals surface area contributed by atoms with Crippen molar-refractivity contribution in [3.63, 3.8) is 0 Å². The predicted molar refractivity (Wildman–Crippen MR) is 81.0 cm³/mol. The number of nitrogens with two attached hydrogens (primary N) is 1. The highest BCUT2D eigenvalue weighted by Crippen LogP contribution is 2.25. The molecule has 0 radical (unpaired) electrons. The lowest BCUT2D eigenvalue weighted by atomic mass is 10.1. The lowest BCUT2D eigenvalue weighted by Crippen LogP contribution is -2.01. The summed E-state index contributed by atoms with van der Waals surface area (Å²) in [5.74, 6) is -0.422. The molecule has 21 heavy (non-hydrogen) atoms. The second-order valence-corrected chi connectivity index (χ2v) is 5.25. The van der Waals surface area contributed by atoms with Crippen LogP contribution in [-0.4, -0.2) is 14.6 Å². The van der Waals surface area contributed by atoms with E-state index in [1.165, 1.54) is 12.4 Å². The molecule has 2 N–H and O–H groups in total. The maximum absolute atomic E-state index is 13.2. The predicted octanol–water partition coefficient (Wildman–Crippen LogP) is 3.26. The Balaban J connectivity index is 2.09. The van der Waals surface area contributed by atoms with Gasteiger partial charge in [0.15, 0.2) is 0 Å². The molecule has 4 nitrogen and oxygen atoms in total. The van der Waals surface area contributed by atoms with Crippen molar-refractivity contribution in [1.82, 2.24) is 14.6 Å². The molecule has 0 unspecified atom stereocenters. The average molecular weight is 305 g/mol. The molecule has 0 aliphatic rings. The summed E-state index contributed by atoms with van der Waals surface area (Å²) in [5.41, 5.74) is 10.4. The SMILES string of the molecule is CCc1c(N)cn2ncnc(Cc3ccc(F)c(Cl)c3)c12. The Bertz CT molecular complexity index is 813. The molecule has 0 amide bonds. The molecule has 3 rings (SSSR count). The molecule has 6 heteroatoms. The Kier molecular flexibility index (Phi) is 3.51. The van der Waals surface area contributed by atoms with E-state index < -0.39 is 5.82 Å². The number of hydrogen-bond donors (Lipinski definition) is 1. The van der Waals surface area contributed by atoms with Crippen LogP contribution in [-0.2, 0) is 12.8 Å². The zero-order chi connectivity index (χ0) is 15.0. The lowest BCUT2D eigenvalue weighted by molar-refractivity contribution is 0.627. The molecular formula is C15H14ClFN4. The van der Waals surface area contributed by atoms with Crippen LogP contribution in [0.15, 0.2) is 30.7 Å². The molecule has 0 atom stereocenters. The Morgan fingerprint density at radius 2 is 2.19 bits per heavy atom. The summed E-state index contributed by atoms with van der Waals surface area (Å²) in [4.78, 5) is 4.35. The molecular weight excluding hydrogens is 291 g/mol. The summed E-state index contributed by atoms with van der Waals surface area (Å²) in [6, 6.07) is 4.69. The van der Waals surface area contributed by atoms with Crippen LogP contribution in [0.25, 0.3) is 5.52 Å². The molecule has 0 aliphatic carbocycles. The van der Waals surface area contributed by atoms with Crippen LogP contribution >= 0.6 is 11.6 Å². The van der Waals surface area contributed by atoms with Gasteiger partial charge in [-0.1, -0.05) is 24.6 Å². The van der Waals surface area contributed by atoms with E-state index in [0.717, 1.165) is 28.8 Å². The number of hydrogen-bond acceptors (Lipinski definition) is 3. The van der Waals surface area contributed by atoms with Crippen LogP contribution in [0.5, 0.6) is 0 Å². The Morgan fingerprint density at radius 3 is 2.90 bits per heavy atom. The van der Waals surface area contributed by atoms with Gasteiger partial charge >= 0.3 is 0 Å². The first-order valence-electron chi connectivity index (χ1n) is 6.63. The number of nitrogen functional groups attached to an aromatic ring is 1. The quantitative estimate of drug-likeness (QED) is 0.808. The molecule has 2 heterocycles. The van der Waals surface area contributed by atoms with E-state index >= 15 is 0 Å². The first-order chi connectivity index (χ1) is 10.1. The summed E-state index contributed by atoms with van der Waals surface area (Å²) in [7, 11) is 0. The van der Waals surface area contributed by atoms with E-state index in [2.05, 4.69) is 10.1 Å². The van der Waals surface area contributed by atoms with Crippen LogP contribution < -0.4 is 5.73 Å². The normalized spacial score (nSPS) is 11.2. The van der Waals surface area contributed by atoms with Crippen LogP contribution in [0.2, 0.25) is 5.02 Å². The van der Waals surface area contributed by atoms with E-state index in [-0.39, 0.29) is 5.02 Å². The smallest absolute Gasteiger partial charge is 0.141 e. The zero-order valence-electron chi connectivity index (χ0n) is 11.5. The number of halogens is 2. The Labute approximate surface area is 126 Å². The van der Waals surface area contributed by atoms with Crippen LogP contribution in [0.4, 0.5) is 10.1 Å². The van der Waals surface area contributed by atoms with Crippen molar-refractivity contribution in [2.45, 2.75) is 19.8 Å².